The van der Waals surface area contributed by atoms with E-state index in [9.17, 15) is 4.79 Å². The molecule has 0 atom stereocenters. The highest BCUT2D eigenvalue weighted by Crippen LogP contribution is 2.23. The van der Waals surface area contributed by atoms with Crippen molar-refractivity contribution >= 4 is 33.0 Å². The molecule has 0 radical (unpaired) electrons. The predicted molar refractivity (Wildman–Crippen MR) is 79.5 cm³/mol. The quantitative estimate of drug-likeness (QED) is 0.740. The largest absolute Gasteiger partial charge is 0.494 e. The zero-order valence-corrected chi connectivity index (χ0v) is 12.8. The maximum Gasteiger partial charge on any atom is 0.210 e. The predicted octanol–water partition coefficient (Wildman–Crippen LogP) is 4.17. The van der Waals surface area contributed by atoms with Gasteiger partial charge in [-0.3, -0.25) is 4.79 Å². The maximum atomic E-state index is 11.8. The molecule has 0 saturated heterocycles. The highest BCUT2D eigenvalue weighted by atomic mass is 79.9. The molecule has 0 N–H and O–H groups in total. The topological polar surface area (TPSA) is 35.5 Å². The third-order valence-electron chi connectivity index (χ3n) is 2.35. The summed E-state index contributed by atoms with van der Waals surface area (Å²) in [5.74, 6) is 1.43. The molecule has 0 bridgehead atoms. The summed E-state index contributed by atoms with van der Waals surface area (Å²) < 4.78 is 11.7. The van der Waals surface area contributed by atoms with E-state index in [2.05, 4.69) is 15.9 Å². The summed E-state index contributed by atoms with van der Waals surface area (Å²) in [4.78, 5) is 12.5. The lowest BCUT2D eigenvalue weighted by Crippen LogP contribution is -2.09. The summed E-state index contributed by atoms with van der Waals surface area (Å²) in [6.07, 6.45) is 0. The van der Waals surface area contributed by atoms with Crippen LogP contribution in [0.2, 0.25) is 0 Å². The molecule has 5 heteroatoms. The van der Waals surface area contributed by atoms with E-state index in [4.69, 9.17) is 9.47 Å². The Hall–Kier alpha value is -1.33. The number of halogens is 1. The number of ether oxygens (including phenoxy) is 2. The number of benzene rings is 1. The first kappa shape index (κ1) is 14.1. The fourth-order valence-corrected chi connectivity index (χ4v) is 2.79. The highest BCUT2D eigenvalue weighted by Gasteiger charge is 2.09. The minimum atomic E-state index is -0.0235. The van der Waals surface area contributed by atoms with Gasteiger partial charge in [0.25, 0.3) is 0 Å². The van der Waals surface area contributed by atoms with Gasteiger partial charge in [0.05, 0.1) is 15.3 Å². The van der Waals surface area contributed by atoms with Crippen LogP contribution in [-0.2, 0) is 0 Å². The smallest absolute Gasteiger partial charge is 0.210 e. The van der Waals surface area contributed by atoms with Gasteiger partial charge in [0.1, 0.15) is 11.5 Å². The van der Waals surface area contributed by atoms with E-state index in [0.29, 0.717) is 17.2 Å². The molecule has 100 valence electrons. The molecule has 2 aromatic rings. The Morgan fingerprint density at radius 2 is 1.74 bits per heavy atom. The molecule has 0 fully saturated rings. The molecular formula is C14H13BrO3S. The molecule has 0 spiro atoms. The van der Waals surface area contributed by atoms with E-state index in [1.807, 2.05) is 25.1 Å². The van der Waals surface area contributed by atoms with E-state index < -0.39 is 0 Å². The number of carbonyl (C=O) groups is 1. The minimum absolute atomic E-state index is 0.0235. The van der Waals surface area contributed by atoms with Gasteiger partial charge in [0, 0.05) is 0 Å². The summed E-state index contributed by atoms with van der Waals surface area (Å²) in [6, 6.07) is 10.9. The zero-order chi connectivity index (χ0) is 13.7. The second-order valence-corrected chi connectivity index (χ2v) is 6.18. The van der Waals surface area contributed by atoms with Crippen molar-refractivity contribution < 1.29 is 14.3 Å². The Morgan fingerprint density at radius 3 is 2.26 bits per heavy atom. The van der Waals surface area contributed by atoms with Crippen molar-refractivity contribution in [3.05, 3.63) is 45.1 Å². The monoisotopic (exact) mass is 340 g/mol. The van der Waals surface area contributed by atoms with Gasteiger partial charge in [-0.05, 0) is 59.3 Å². The van der Waals surface area contributed by atoms with Crippen molar-refractivity contribution in [3.8, 4) is 11.5 Å². The number of rotatable bonds is 6. The molecular weight excluding hydrogens is 328 g/mol. The van der Waals surface area contributed by atoms with Crippen LogP contribution in [0.3, 0.4) is 0 Å². The van der Waals surface area contributed by atoms with Gasteiger partial charge < -0.3 is 9.47 Å². The van der Waals surface area contributed by atoms with Gasteiger partial charge in [-0.25, -0.2) is 0 Å². The van der Waals surface area contributed by atoms with Crippen molar-refractivity contribution in [1.29, 1.82) is 0 Å². The van der Waals surface area contributed by atoms with Crippen molar-refractivity contribution in [2.75, 3.05) is 13.2 Å². The first-order valence-corrected chi connectivity index (χ1v) is 7.44. The van der Waals surface area contributed by atoms with Gasteiger partial charge in [-0.2, -0.15) is 0 Å². The van der Waals surface area contributed by atoms with Gasteiger partial charge in [-0.15, -0.1) is 11.3 Å². The minimum Gasteiger partial charge on any atom is -0.494 e. The number of hydrogen-bond acceptors (Lipinski definition) is 4. The summed E-state index contributed by atoms with van der Waals surface area (Å²) in [7, 11) is 0. The molecule has 3 nitrogen and oxygen atoms in total. The lowest BCUT2D eigenvalue weighted by atomic mass is 10.3. The van der Waals surface area contributed by atoms with Crippen LogP contribution >= 0.6 is 27.3 Å². The third kappa shape index (κ3) is 4.08. The van der Waals surface area contributed by atoms with Crippen molar-refractivity contribution in [2.45, 2.75) is 6.92 Å². The standard InChI is InChI=1S/C14H13BrO3S/c1-2-17-10-3-5-11(6-4-10)18-9-12(16)13-7-8-14(15)19-13/h3-8H,2,9H2,1H3. The van der Waals surface area contributed by atoms with E-state index >= 15 is 0 Å². The highest BCUT2D eigenvalue weighted by molar-refractivity contribution is 9.11. The molecule has 0 aliphatic rings. The van der Waals surface area contributed by atoms with Crippen LogP contribution in [0.15, 0.2) is 40.2 Å². The van der Waals surface area contributed by atoms with E-state index in [-0.39, 0.29) is 12.4 Å². The summed E-state index contributed by atoms with van der Waals surface area (Å²) in [5.41, 5.74) is 0. The maximum absolute atomic E-state index is 11.8. The Balaban J connectivity index is 1.89. The molecule has 0 unspecified atom stereocenters. The van der Waals surface area contributed by atoms with E-state index in [1.165, 1.54) is 11.3 Å². The van der Waals surface area contributed by atoms with Crippen LogP contribution in [0.4, 0.5) is 0 Å². The summed E-state index contributed by atoms with van der Waals surface area (Å²) in [6.45, 7) is 2.61. The molecule has 0 amide bonds. The van der Waals surface area contributed by atoms with E-state index in [0.717, 1.165) is 9.54 Å². The molecule has 1 heterocycles. The van der Waals surface area contributed by atoms with Crippen LogP contribution in [0.1, 0.15) is 16.6 Å². The van der Waals surface area contributed by atoms with Crippen LogP contribution < -0.4 is 9.47 Å². The normalized spacial score (nSPS) is 10.2. The Morgan fingerprint density at radius 1 is 1.11 bits per heavy atom. The average molecular weight is 341 g/mol. The van der Waals surface area contributed by atoms with Gasteiger partial charge in [0.15, 0.2) is 6.61 Å². The Kier molecular flexibility index (Phi) is 4.99. The second-order valence-electron chi connectivity index (χ2n) is 3.72. The van der Waals surface area contributed by atoms with Gasteiger partial charge in [0.2, 0.25) is 5.78 Å². The van der Waals surface area contributed by atoms with Crippen LogP contribution in [0.5, 0.6) is 11.5 Å². The van der Waals surface area contributed by atoms with Gasteiger partial charge >= 0.3 is 0 Å². The lowest BCUT2D eigenvalue weighted by Gasteiger charge is -2.06. The molecule has 0 aliphatic heterocycles. The van der Waals surface area contributed by atoms with E-state index in [1.54, 1.807) is 18.2 Å². The third-order valence-corrected chi connectivity index (χ3v) is 4.02. The van der Waals surface area contributed by atoms with Gasteiger partial charge in [-0.1, -0.05) is 0 Å². The fraction of sp³-hybridized carbons (Fsp3) is 0.214. The number of carbonyl (C=O) groups excluding carboxylic acids is 1. The van der Waals surface area contributed by atoms with Crippen molar-refractivity contribution in [3.63, 3.8) is 0 Å². The van der Waals surface area contributed by atoms with Crippen LogP contribution in [0.25, 0.3) is 0 Å². The Bertz CT molecular complexity index is 548. The average Bonchev–Trinajstić information content (AvgIpc) is 2.85. The van der Waals surface area contributed by atoms with Crippen molar-refractivity contribution in [1.82, 2.24) is 0 Å². The fourth-order valence-electron chi connectivity index (χ4n) is 1.48. The number of hydrogen-bond donors (Lipinski definition) is 0. The molecule has 0 aliphatic carbocycles. The van der Waals surface area contributed by atoms with Crippen molar-refractivity contribution in [2.24, 2.45) is 0 Å². The summed E-state index contributed by atoms with van der Waals surface area (Å²) >= 11 is 4.74. The summed E-state index contributed by atoms with van der Waals surface area (Å²) in [5, 5.41) is 0. The van der Waals surface area contributed by atoms with Crippen LogP contribution in [0, 0.1) is 0 Å². The molecule has 0 saturated carbocycles. The number of thiophene rings is 1. The number of Topliss-reactive ketones (excluding diaryl/α,β-unsaturated/α-hetero) is 1. The first-order valence-electron chi connectivity index (χ1n) is 5.83. The lowest BCUT2D eigenvalue weighted by molar-refractivity contribution is 0.0925. The molecule has 19 heavy (non-hydrogen) atoms. The second kappa shape index (κ2) is 6.73. The number of ketones is 1. The molecule has 1 aromatic heterocycles. The molecule has 2 rings (SSSR count). The SMILES string of the molecule is CCOc1ccc(OCC(=O)c2ccc(Br)s2)cc1. The zero-order valence-electron chi connectivity index (χ0n) is 10.4. The molecule has 1 aromatic carbocycles. The van der Waals surface area contributed by atoms with Crippen LogP contribution in [-0.4, -0.2) is 19.0 Å². The first-order chi connectivity index (χ1) is 9.19. The Labute approximate surface area is 124 Å².